The van der Waals surface area contributed by atoms with E-state index in [-0.39, 0.29) is 5.92 Å². The van der Waals surface area contributed by atoms with Crippen molar-refractivity contribution in [3.05, 3.63) is 65.7 Å². The van der Waals surface area contributed by atoms with E-state index in [1.807, 2.05) is 30.3 Å². The maximum atomic E-state index is 10.5. The summed E-state index contributed by atoms with van der Waals surface area (Å²) in [7, 11) is 1.60. The highest BCUT2D eigenvalue weighted by molar-refractivity contribution is 5.29. The molecule has 1 saturated heterocycles. The van der Waals surface area contributed by atoms with Gasteiger partial charge in [-0.1, -0.05) is 30.3 Å². The maximum Gasteiger partial charge on any atom is 0.309 e. The van der Waals surface area contributed by atoms with Gasteiger partial charge in [-0.15, -0.1) is 0 Å². The second kappa shape index (κ2) is 5.85. The summed E-state index contributed by atoms with van der Waals surface area (Å²) in [4.78, 5) is 0. The van der Waals surface area contributed by atoms with Crippen LogP contribution in [0.4, 0.5) is 0 Å². The molecule has 0 aliphatic carbocycles. The molecule has 2 aromatic rings. The Hall–Kier alpha value is -1.88. The van der Waals surface area contributed by atoms with Crippen molar-refractivity contribution < 1.29 is 19.3 Å². The Bertz CT molecular complexity index is 571. The molecule has 21 heavy (non-hydrogen) atoms. The monoisotopic (exact) mass is 286 g/mol. The number of rotatable bonds is 3. The van der Waals surface area contributed by atoms with Crippen LogP contribution in [0.2, 0.25) is 0 Å². The van der Waals surface area contributed by atoms with Crippen molar-refractivity contribution in [1.29, 1.82) is 0 Å². The lowest BCUT2D eigenvalue weighted by Crippen LogP contribution is -2.41. The highest BCUT2D eigenvalue weighted by atomic mass is 16.8. The minimum Gasteiger partial charge on any atom is -0.497 e. The zero-order valence-corrected chi connectivity index (χ0v) is 11.9. The van der Waals surface area contributed by atoms with Gasteiger partial charge in [0.15, 0.2) is 0 Å². The van der Waals surface area contributed by atoms with Gasteiger partial charge >= 0.3 is 5.97 Å². The van der Waals surface area contributed by atoms with Crippen molar-refractivity contribution in [3.8, 4) is 5.75 Å². The topological polar surface area (TPSA) is 47.9 Å². The van der Waals surface area contributed by atoms with Gasteiger partial charge in [-0.3, -0.25) is 0 Å². The standard InChI is InChI=1S/C17H18O4/c1-19-16-9-7-15(8-10-16)17(18)20-11-14(12-21-17)13-5-3-2-4-6-13/h2-10,14,18H,11-12H2,1H3. The third kappa shape index (κ3) is 2.93. The van der Waals surface area contributed by atoms with Crippen molar-refractivity contribution in [2.24, 2.45) is 0 Å². The van der Waals surface area contributed by atoms with Gasteiger partial charge in [0, 0.05) is 11.5 Å². The fourth-order valence-electron chi connectivity index (χ4n) is 2.40. The number of methoxy groups -OCH3 is 1. The molecule has 0 amide bonds. The molecular weight excluding hydrogens is 268 g/mol. The van der Waals surface area contributed by atoms with E-state index in [4.69, 9.17) is 14.2 Å². The molecule has 4 nitrogen and oxygen atoms in total. The van der Waals surface area contributed by atoms with E-state index >= 15 is 0 Å². The summed E-state index contributed by atoms with van der Waals surface area (Å²) in [5.41, 5.74) is 1.71. The molecule has 0 radical (unpaired) electrons. The summed E-state index contributed by atoms with van der Waals surface area (Å²) in [5.74, 6) is -0.831. The zero-order chi connectivity index (χ0) is 14.7. The van der Waals surface area contributed by atoms with Gasteiger partial charge in [-0.2, -0.15) is 0 Å². The molecule has 4 heteroatoms. The zero-order valence-electron chi connectivity index (χ0n) is 11.9. The summed E-state index contributed by atoms with van der Waals surface area (Å²) in [6.07, 6.45) is 0. The second-order valence-electron chi connectivity index (χ2n) is 5.04. The van der Waals surface area contributed by atoms with Crippen LogP contribution >= 0.6 is 0 Å². The largest absolute Gasteiger partial charge is 0.497 e. The average molecular weight is 286 g/mol. The van der Waals surface area contributed by atoms with E-state index in [0.717, 1.165) is 11.3 Å². The summed E-state index contributed by atoms with van der Waals surface area (Å²) in [6, 6.07) is 17.0. The SMILES string of the molecule is COc1ccc(C2(O)OCC(c3ccccc3)CO2)cc1. The van der Waals surface area contributed by atoms with Gasteiger partial charge in [-0.05, 0) is 29.8 Å². The van der Waals surface area contributed by atoms with Crippen molar-refractivity contribution in [2.75, 3.05) is 20.3 Å². The third-order valence-corrected chi connectivity index (χ3v) is 3.69. The van der Waals surface area contributed by atoms with Crippen LogP contribution in [0.25, 0.3) is 0 Å². The molecule has 1 heterocycles. The van der Waals surface area contributed by atoms with Crippen LogP contribution in [-0.2, 0) is 15.4 Å². The molecule has 1 aliphatic heterocycles. The summed E-state index contributed by atoms with van der Waals surface area (Å²) in [5, 5.41) is 10.5. The van der Waals surface area contributed by atoms with Gasteiger partial charge in [0.25, 0.3) is 0 Å². The Labute approximate surface area is 123 Å². The first-order valence-corrected chi connectivity index (χ1v) is 6.91. The van der Waals surface area contributed by atoms with Crippen LogP contribution < -0.4 is 4.74 Å². The first-order chi connectivity index (χ1) is 10.2. The van der Waals surface area contributed by atoms with Gasteiger partial charge in [0.2, 0.25) is 0 Å². The quantitative estimate of drug-likeness (QED) is 0.942. The first-order valence-electron chi connectivity index (χ1n) is 6.91. The molecule has 1 N–H and O–H groups in total. The number of hydrogen-bond acceptors (Lipinski definition) is 4. The number of benzene rings is 2. The van der Waals surface area contributed by atoms with Gasteiger partial charge in [0.1, 0.15) is 5.75 Å². The van der Waals surface area contributed by atoms with Gasteiger partial charge in [-0.25, -0.2) is 0 Å². The minimum absolute atomic E-state index is 0.129. The first kappa shape index (κ1) is 14.1. The predicted octanol–water partition coefficient (Wildman–Crippen LogP) is 2.63. The van der Waals surface area contributed by atoms with E-state index in [0.29, 0.717) is 18.8 Å². The Morgan fingerprint density at radius 3 is 2.19 bits per heavy atom. The van der Waals surface area contributed by atoms with Crippen molar-refractivity contribution in [2.45, 2.75) is 11.9 Å². The lowest BCUT2D eigenvalue weighted by molar-refractivity contribution is -0.397. The third-order valence-electron chi connectivity index (χ3n) is 3.69. The number of ether oxygens (including phenoxy) is 3. The van der Waals surface area contributed by atoms with E-state index in [9.17, 15) is 5.11 Å². The molecule has 1 aliphatic rings. The lowest BCUT2D eigenvalue weighted by atomic mass is 10.00. The van der Waals surface area contributed by atoms with Crippen LogP contribution in [0.1, 0.15) is 17.0 Å². The van der Waals surface area contributed by atoms with E-state index in [1.165, 1.54) is 0 Å². The maximum absolute atomic E-state index is 10.5. The molecular formula is C17H18O4. The Kier molecular flexibility index (Phi) is 3.92. The van der Waals surface area contributed by atoms with Gasteiger partial charge < -0.3 is 19.3 Å². The Balaban J connectivity index is 1.71. The molecule has 0 bridgehead atoms. The molecule has 0 atom stereocenters. The molecule has 2 aromatic carbocycles. The molecule has 1 fully saturated rings. The highest BCUT2D eigenvalue weighted by Gasteiger charge is 2.38. The normalized spacial score (nSPS) is 25.5. The van der Waals surface area contributed by atoms with E-state index in [1.54, 1.807) is 31.4 Å². The minimum atomic E-state index is -1.68. The number of hydrogen-bond donors (Lipinski definition) is 1. The second-order valence-corrected chi connectivity index (χ2v) is 5.04. The van der Waals surface area contributed by atoms with Crippen LogP contribution in [0, 0.1) is 0 Å². The van der Waals surface area contributed by atoms with Crippen molar-refractivity contribution in [3.63, 3.8) is 0 Å². The van der Waals surface area contributed by atoms with Crippen molar-refractivity contribution >= 4 is 0 Å². The molecule has 0 saturated carbocycles. The smallest absolute Gasteiger partial charge is 0.309 e. The molecule has 0 unspecified atom stereocenters. The summed E-state index contributed by atoms with van der Waals surface area (Å²) in [6.45, 7) is 0.819. The van der Waals surface area contributed by atoms with Crippen LogP contribution in [0.15, 0.2) is 54.6 Å². The molecule has 110 valence electrons. The Morgan fingerprint density at radius 1 is 1.00 bits per heavy atom. The molecule has 0 aromatic heterocycles. The van der Waals surface area contributed by atoms with Crippen LogP contribution in [-0.4, -0.2) is 25.4 Å². The van der Waals surface area contributed by atoms with Gasteiger partial charge in [0.05, 0.1) is 20.3 Å². The van der Waals surface area contributed by atoms with E-state index < -0.39 is 5.97 Å². The summed E-state index contributed by atoms with van der Waals surface area (Å²) < 4.78 is 16.3. The Morgan fingerprint density at radius 2 is 1.62 bits per heavy atom. The van der Waals surface area contributed by atoms with Crippen LogP contribution in [0.5, 0.6) is 5.75 Å². The molecule has 0 spiro atoms. The fourth-order valence-corrected chi connectivity index (χ4v) is 2.40. The highest BCUT2D eigenvalue weighted by Crippen LogP contribution is 2.33. The lowest BCUT2D eigenvalue weighted by Gasteiger charge is -2.36. The predicted molar refractivity (Wildman–Crippen MR) is 78.0 cm³/mol. The van der Waals surface area contributed by atoms with Crippen LogP contribution in [0.3, 0.4) is 0 Å². The molecule has 3 rings (SSSR count). The fraction of sp³-hybridized carbons (Fsp3) is 0.294. The van der Waals surface area contributed by atoms with E-state index in [2.05, 4.69) is 0 Å². The van der Waals surface area contributed by atoms with Crippen molar-refractivity contribution in [1.82, 2.24) is 0 Å². The average Bonchev–Trinajstić information content (AvgIpc) is 2.56. The number of aliphatic hydroxyl groups is 1. The summed E-state index contributed by atoms with van der Waals surface area (Å²) >= 11 is 0.